The van der Waals surface area contributed by atoms with Crippen molar-refractivity contribution >= 4 is 6.09 Å². The summed E-state index contributed by atoms with van der Waals surface area (Å²) in [5.41, 5.74) is -0.412. The Kier molecular flexibility index (Phi) is 7.69. The second-order valence-corrected chi connectivity index (χ2v) is 4.83. The lowest BCUT2D eigenvalue weighted by atomic mass is 10.2. The third-order valence-electron chi connectivity index (χ3n) is 1.84. The lowest BCUT2D eigenvalue weighted by Crippen LogP contribution is -2.32. The highest BCUT2D eigenvalue weighted by atomic mass is 16.6. The number of amides is 1. The smallest absolute Gasteiger partial charge is 0.407 e. The minimum Gasteiger partial charge on any atom is -0.444 e. The van der Waals surface area contributed by atoms with Gasteiger partial charge in [0.05, 0.1) is 0 Å². The van der Waals surface area contributed by atoms with E-state index in [4.69, 9.17) is 4.74 Å². The second kappa shape index (κ2) is 8.20. The van der Waals surface area contributed by atoms with Crippen molar-refractivity contribution < 1.29 is 9.53 Å². The fourth-order valence-corrected chi connectivity index (χ4v) is 1.13. The summed E-state index contributed by atoms with van der Waals surface area (Å²) in [6, 6.07) is 0. The average molecular weight is 227 g/mol. The zero-order chi connectivity index (χ0) is 12.4. The SMILES string of the molecule is CCC/C=C\CCCNC(=O)OC(C)(C)C. The number of carbonyl (C=O) groups is 1. The summed E-state index contributed by atoms with van der Waals surface area (Å²) in [7, 11) is 0. The highest BCUT2D eigenvalue weighted by molar-refractivity contribution is 5.67. The predicted molar refractivity (Wildman–Crippen MR) is 67.5 cm³/mol. The van der Waals surface area contributed by atoms with Crippen LogP contribution in [0, 0.1) is 0 Å². The average Bonchev–Trinajstić information content (AvgIpc) is 2.13. The first kappa shape index (κ1) is 15.0. The van der Waals surface area contributed by atoms with E-state index in [9.17, 15) is 4.79 Å². The minimum absolute atomic E-state index is 0.329. The van der Waals surface area contributed by atoms with Gasteiger partial charge in [0, 0.05) is 6.54 Å². The molecule has 0 unspecified atom stereocenters. The van der Waals surface area contributed by atoms with Crippen molar-refractivity contribution in [2.45, 2.75) is 59.0 Å². The Morgan fingerprint density at radius 2 is 1.88 bits per heavy atom. The lowest BCUT2D eigenvalue weighted by molar-refractivity contribution is 0.0527. The second-order valence-electron chi connectivity index (χ2n) is 4.83. The Bertz CT molecular complexity index is 216. The van der Waals surface area contributed by atoms with Crippen LogP contribution in [-0.4, -0.2) is 18.2 Å². The van der Waals surface area contributed by atoms with Gasteiger partial charge in [0.1, 0.15) is 5.60 Å². The van der Waals surface area contributed by atoms with Gasteiger partial charge in [-0.2, -0.15) is 0 Å². The zero-order valence-corrected chi connectivity index (χ0v) is 11.0. The number of nitrogens with one attached hydrogen (secondary N) is 1. The molecular formula is C13H25NO2. The molecule has 0 heterocycles. The molecule has 0 atom stereocenters. The highest BCUT2D eigenvalue weighted by Gasteiger charge is 2.15. The molecule has 0 aliphatic rings. The van der Waals surface area contributed by atoms with Crippen molar-refractivity contribution in [3.63, 3.8) is 0 Å². The summed E-state index contributed by atoms with van der Waals surface area (Å²) >= 11 is 0. The summed E-state index contributed by atoms with van der Waals surface area (Å²) in [4.78, 5) is 11.2. The van der Waals surface area contributed by atoms with Crippen LogP contribution in [0.5, 0.6) is 0 Å². The van der Waals surface area contributed by atoms with Gasteiger partial charge in [0.15, 0.2) is 0 Å². The van der Waals surface area contributed by atoms with Gasteiger partial charge < -0.3 is 10.1 Å². The van der Waals surface area contributed by atoms with E-state index < -0.39 is 5.60 Å². The number of rotatable bonds is 6. The standard InChI is InChI=1S/C13H25NO2/c1-5-6-7-8-9-10-11-14-12(15)16-13(2,3)4/h7-8H,5-6,9-11H2,1-4H3,(H,14,15)/b8-7-. The van der Waals surface area contributed by atoms with Gasteiger partial charge >= 0.3 is 6.09 Å². The molecule has 3 heteroatoms. The normalized spacial score (nSPS) is 11.8. The first-order valence-corrected chi connectivity index (χ1v) is 6.07. The lowest BCUT2D eigenvalue weighted by Gasteiger charge is -2.19. The Balaban J connectivity index is 3.42. The van der Waals surface area contributed by atoms with E-state index in [1.54, 1.807) is 0 Å². The number of allylic oxidation sites excluding steroid dienone is 2. The molecule has 0 aromatic rings. The summed E-state index contributed by atoms with van der Waals surface area (Å²) < 4.78 is 5.11. The van der Waals surface area contributed by atoms with E-state index >= 15 is 0 Å². The summed E-state index contributed by atoms with van der Waals surface area (Å²) in [5, 5.41) is 2.74. The van der Waals surface area contributed by atoms with Crippen LogP contribution in [0.2, 0.25) is 0 Å². The van der Waals surface area contributed by atoms with E-state index in [0.717, 1.165) is 19.3 Å². The minimum atomic E-state index is -0.412. The van der Waals surface area contributed by atoms with Gasteiger partial charge in [-0.3, -0.25) is 0 Å². The molecule has 0 saturated carbocycles. The van der Waals surface area contributed by atoms with Crippen LogP contribution in [-0.2, 0) is 4.74 Å². The number of hydrogen-bond acceptors (Lipinski definition) is 2. The Hall–Kier alpha value is -0.990. The third-order valence-corrected chi connectivity index (χ3v) is 1.84. The molecule has 0 aliphatic heterocycles. The summed E-state index contributed by atoms with van der Waals surface area (Å²) in [5.74, 6) is 0. The van der Waals surface area contributed by atoms with Crippen LogP contribution in [0.1, 0.15) is 53.4 Å². The molecule has 0 saturated heterocycles. The van der Waals surface area contributed by atoms with E-state index in [2.05, 4.69) is 24.4 Å². The predicted octanol–water partition coefficient (Wildman–Crippen LogP) is 3.65. The summed E-state index contributed by atoms with van der Waals surface area (Å²) in [6.07, 6.45) is 8.32. The number of unbranched alkanes of at least 4 members (excludes halogenated alkanes) is 2. The summed E-state index contributed by atoms with van der Waals surface area (Å²) in [6.45, 7) is 8.42. The first-order chi connectivity index (χ1) is 7.45. The van der Waals surface area contributed by atoms with Gasteiger partial charge in [0.25, 0.3) is 0 Å². The molecule has 0 spiro atoms. The molecule has 0 bridgehead atoms. The Morgan fingerprint density at radius 3 is 2.44 bits per heavy atom. The number of alkyl carbamates (subject to hydrolysis) is 1. The van der Waals surface area contributed by atoms with Crippen molar-refractivity contribution in [3.05, 3.63) is 12.2 Å². The van der Waals surface area contributed by atoms with Gasteiger partial charge in [-0.05, 0) is 40.0 Å². The molecule has 94 valence electrons. The maximum Gasteiger partial charge on any atom is 0.407 e. The van der Waals surface area contributed by atoms with Gasteiger partial charge in [-0.15, -0.1) is 0 Å². The molecule has 3 nitrogen and oxygen atoms in total. The van der Waals surface area contributed by atoms with Crippen LogP contribution >= 0.6 is 0 Å². The zero-order valence-electron chi connectivity index (χ0n) is 11.0. The molecule has 0 aliphatic carbocycles. The van der Waals surface area contributed by atoms with Crippen molar-refractivity contribution in [1.82, 2.24) is 5.32 Å². The molecule has 0 radical (unpaired) electrons. The van der Waals surface area contributed by atoms with Crippen LogP contribution in [0.25, 0.3) is 0 Å². The molecule has 0 aromatic heterocycles. The topological polar surface area (TPSA) is 38.3 Å². The van der Waals surface area contributed by atoms with Crippen LogP contribution in [0.15, 0.2) is 12.2 Å². The van der Waals surface area contributed by atoms with Crippen molar-refractivity contribution in [2.24, 2.45) is 0 Å². The first-order valence-electron chi connectivity index (χ1n) is 6.07. The monoisotopic (exact) mass is 227 g/mol. The molecule has 0 aromatic carbocycles. The maximum absolute atomic E-state index is 11.2. The Morgan fingerprint density at radius 1 is 1.25 bits per heavy atom. The van der Waals surface area contributed by atoms with Crippen LogP contribution < -0.4 is 5.32 Å². The van der Waals surface area contributed by atoms with Gasteiger partial charge in [-0.25, -0.2) is 4.79 Å². The molecular weight excluding hydrogens is 202 g/mol. The van der Waals surface area contributed by atoms with Crippen LogP contribution in [0.4, 0.5) is 4.79 Å². The number of carbonyl (C=O) groups excluding carboxylic acids is 1. The van der Waals surface area contributed by atoms with Crippen molar-refractivity contribution in [3.8, 4) is 0 Å². The molecule has 0 fully saturated rings. The molecule has 1 amide bonds. The molecule has 1 N–H and O–H groups in total. The fourth-order valence-electron chi connectivity index (χ4n) is 1.13. The third kappa shape index (κ3) is 11.1. The van der Waals surface area contributed by atoms with E-state index in [1.165, 1.54) is 6.42 Å². The Labute approximate surface area is 99.3 Å². The molecule has 16 heavy (non-hydrogen) atoms. The number of hydrogen-bond donors (Lipinski definition) is 1. The molecule has 0 rings (SSSR count). The van der Waals surface area contributed by atoms with E-state index in [1.807, 2.05) is 20.8 Å². The largest absolute Gasteiger partial charge is 0.444 e. The fraction of sp³-hybridized carbons (Fsp3) is 0.769. The van der Waals surface area contributed by atoms with E-state index in [-0.39, 0.29) is 6.09 Å². The van der Waals surface area contributed by atoms with E-state index in [0.29, 0.717) is 6.54 Å². The highest BCUT2D eigenvalue weighted by Crippen LogP contribution is 2.06. The number of ether oxygens (including phenoxy) is 1. The van der Waals surface area contributed by atoms with Crippen molar-refractivity contribution in [2.75, 3.05) is 6.54 Å². The maximum atomic E-state index is 11.2. The van der Waals surface area contributed by atoms with Gasteiger partial charge in [-0.1, -0.05) is 25.5 Å². The van der Waals surface area contributed by atoms with Crippen molar-refractivity contribution in [1.29, 1.82) is 0 Å². The quantitative estimate of drug-likeness (QED) is 0.555. The van der Waals surface area contributed by atoms with Crippen LogP contribution in [0.3, 0.4) is 0 Å². The van der Waals surface area contributed by atoms with Gasteiger partial charge in [0.2, 0.25) is 0 Å².